The van der Waals surface area contributed by atoms with Crippen LogP contribution < -0.4 is 5.56 Å². The molecule has 0 saturated carbocycles. The molecule has 8 heteroatoms. The minimum Gasteiger partial charge on any atom is -0.320 e. The van der Waals surface area contributed by atoms with E-state index in [9.17, 15) is 26.7 Å². The molecule has 0 spiro atoms. The van der Waals surface area contributed by atoms with Gasteiger partial charge in [-0.2, -0.15) is 13.2 Å². The van der Waals surface area contributed by atoms with Crippen molar-refractivity contribution in [3.8, 4) is 0 Å². The zero-order valence-electron chi connectivity index (χ0n) is 6.83. The number of aromatic amines is 1. The number of aromatic nitrogens is 1. The first kappa shape index (κ1) is 12.4. The van der Waals surface area contributed by atoms with Crippen LogP contribution in [0.5, 0.6) is 0 Å². The average molecular weight is 339 g/mol. The molecule has 0 aliphatic rings. The van der Waals surface area contributed by atoms with Gasteiger partial charge in [0.05, 0.1) is 5.69 Å². The van der Waals surface area contributed by atoms with Crippen LogP contribution in [0.15, 0.2) is 10.9 Å². The molecule has 0 aromatic carbocycles. The molecule has 1 aromatic rings. The number of hydrogen-bond acceptors (Lipinski definition) is 1. The van der Waals surface area contributed by atoms with Gasteiger partial charge in [0.25, 0.3) is 12.0 Å². The Bertz CT molecular complexity index is 424. The monoisotopic (exact) mass is 339 g/mol. The smallest absolute Gasteiger partial charge is 0.320 e. The van der Waals surface area contributed by atoms with Crippen molar-refractivity contribution >= 4 is 22.6 Å². The summed E-state index contributed by atoms with van der Waals surface area (Å²) in [5.41, 5.74) is -3.83. The molecule has 0 radical (unpaired) electrons. The summed E-state index contributed by atoms with van der Waals surface area (Å²) in [6.45, 7) is 0. The lowest BCUT2D eigenvalue weighted by Crippen LogP contribution is -2.23. The minimum atomic E-state index is -4.84. The molecular weight excluding hydrogens is 336 g/mol. The maximum Gasteiger partial charge on any atom is 0.421 e. The number of pyridine rings is 1. The molecule has 0 atom stereocenters. The molecule has 15 heavy (non-hydrogen) atoms. The van der Waals surface area contributed by atoms with Crippen LogP contribution in [0, 0.1) is 3.57 Å². The molecular formula is C7H3F5INO. The van der Waals surface area contributed by atoms with Gasteiger partial charge in [0.2, 0.25) is 0 Å². The Labute approximate surface area is 93.6 Å². The van der Waals surface area contributed by atoms with Gasteiger partial charge >= 0.3 is 6.18 Å². The van der Waals surface area contributed by atoms with Crippen LogP contribution >= 0.6 is 22.6 Å². The summed E-state index contributed by atoms with van der Waals surface area (Å²) in [4.78, 5) is 12.3. The van der Waals surface area contributed by atoms with Crippen molar-refractivity contribution in [3.05, 3.63) is 31.2 Å². The Morgan fingerprint density at radius 3 is 2.27 bits per heavy atom. The highest BCUT2D eigenvalue weighted by Gasteiger charge is 2.35. The van der Waals surface area contributed by atoms with E-state index in [1.54, 1.807) is 0 Å². The quantitative estimate of drug-likeness (QED) is 0.619. The highest BCUT2D eigenvalue weighted by molar-refractivity contribution is 14.1. The summed E-state index contributed by atoms with van der Waals surface area (Å²) in [6, 6.07) is 0.404. The second-order valence-electron chi connectivity index (χ2n) is 2.57. The maximum atomic E-state index is 12.2. The fourth-order valence-corrected chi connectivity index (χ4v) is 1.57. The summed E-state index contributed by atoms with van der Waals surface area (Å²) in [7, 11) is 0. The van der Waals surface area contributed by atoms with Crippen molar-refractivity contribution in [1.82, 2.24) is 4.98 Å². The first-order valence-corrected chi connectivity index (χ1v) is 4.59. The zero-order valence-corrected chi connectivity index (χ0v) is 8.99. The number of nitrogens with one attached hydrogen (secondary N) is 1. The molecule has 0 unspecified atom stereocenters. The fourth-order valence-electron chi connectivity index (χ4n) is 0.889. The molecule has 0 bridgehead atoms. The van der Waals surface area contributed by atoms with Gasteiger partial charge in [-0.25, -0.2) is 8.78 Å². The highest BCUT2D eigenvalue weighted by atomic mass is 127. The number of rotatable bonds is 1. The van der Waals surface area contributed by atoms with Crippen LogP contribution in [0.1, 0.15) is 17.7 Å². The Balaban J connectivity index is 3.39. The average Bonchev–Trinajstić information content (AvgIpc) is 2.06. The normalized spacial score (nSPS) is 12.2. The van der Waals surface area contributed by atoms with E-state index in [1.165, 1.54) is 27.6 Å². The van der Waals surface area contributed by atoms with E-state index >= 15 is 0 Å². The van der Waals surface area contributed by atoms with Gasteiger partial charge in [-0.15, -0.1) is 0 Å². The van der Waals surface area contributed by atoms with E-state index < -0.39 is 29.4 Å². The summed E-state index contributed by atoms with van der Waals surface area (Å²) in [5, 5.41) is 0. The fraction of sp³-hybridized carbons (Fsp3) is 0.286. The predicted octanol–water partition coefficient (Wildman–Crippen LogP) is 2.94. The van der Waals surface area contributed by atoms with E-state index in [0.717, 1.165) is 0 Å². The van der Waals surface area contributed by atoms with Crippen LogP contribution in [-0.2, 0) is 6.18 Å². The Morgan fingerprint density at radius 1 is 1.33 bits per heavy atom. The van der Waals surface area contributed by atoms with Gasteiger partial charge in [0.15, 0.2) is 0 Å². The third-order valence-corrected chi connectivity index (χ3v) is 2.44. The summed E-state index contributed by atoms with van der Waals surface area (Å²) in [5.74, 6) is 0. The van der Waals surface area contributed by atoms with E-state index in [0.29, 0.717) is 6.07 Å². The molecule has 0 aliphatic heterocycles. The highest BCUT2D eigenvalue weighted by Crippen LogP contribution is 2.29. The van der Waals surface area contributed by atoms with E-state index in [-0.39, 0.29) is 3.57 Å². The van der Waals surface area contributed by atoms with Crippen molar-refractivity contribution in [1.29, 1.82) is 0 Å². The molecule has 0 saturated heterocycles. The van der Waals surface area contributed by atoms with Crippen LogP contribution in [0.4, 0.5) is 22.0 Å². The van der Waals surface area contributed by atoms with E-state index in [2.05, 4.69) is 0 Å². The second-order valence-corrected chi connectivity index (χ2v) is 3.73. The first-order chi connectivity index (χ1) is 6.73. The Kier molecular flexibility index (Phi) is 3.36. The molecule has 0 fully saturated rings. The van der Waals surface area contributed by atoms with Crippen molar-refractivity contribution in [2.45, 2.75) is 12.6 Å². The first-order valence-electron chi connectivity index (χ1n) is 3.51. The van der Waals surface area contributed by atoms with Crippen LogP contribution in [0.25, 0.3) is 0 Å². The number of alkyl halides is 5. The SMILES string of the molecule is O=c1[nH]c(C(F)F)c(I)cc1C(F)(F)F. The Morgan fingerprint density at radius 2 is 1.87 bits per heavy atom. The summed E-state index contributed by atoms with van der Waals surface area (Å²) < 4.78 is 60.5. The van der Waals surface area contributed by atoms with Crippen LogP contribution in [0.2, 0.25) is 0 Å². The lowest BCUT2D eigenvalue weighted by molar-refractivity contribution is -0.138. The Hall–Kier alpha value is -0.670. The van der Waals surface area contributed by atoms with E-state index in [4.69, 9.17) is 0 Å². The molecule has 1 N–H and O–H groups in total. The summed E-state index contributed by atoms with van der Waals surface area (Å²) >= 11 is 1.31. The van der Waals surface area contributed by atoms with Gasteiger partial charge in [0.1, 0.15) is 5.56 Å². The number of hydrogen-bond donors (Lipinski definition) is 1. The zero-order chi connectivity index (χ0) is 11.8. The van der Waals surface area contributed by atoms with Gasteiger partial charge in [-0.1, -0.05) is 0 Å². The molecule has 0 aliphatic carbocycles. The lowest BCUT2D eigenvalue weighted by Gasteiger charge is -2.08. The number of halogens is 6. The number of H-pyrrole nitrogens is 1. The van der Waals surface area contributed by atoms with Gasteiger partial charge < -0.3 is 4.98 Å². The van der Waals surface area contributed by atoms with Gasteiger partial charge in [-0.05, 0) is 28.7 Å². The van der Waals surface area contributed by atoms with Crippen molar-refractivity contribution in [2.24, 2.45) is 0 Å². The molecule has 1 rings (SSSR count). The predicted molar refractivity (Wildman–Crippen MR) is 49.7 cm³/mol. The summed E-state index contributed by atoms with van der Waals surface area (Å²) in [6.07, 6.45) is -7.85. The lowest BCUT2D eigenvalue weighted by atomic mass is 10.2. The van der Waals surface area contributed by atoms with Crippen LogP contribution in [-0.4, -0.2) is 4.98 Å². The van der Waals surface area contributed by atoms with Crippen molar-refractivity contribution < 1.29 is 22.0 Å². The third-order valence-electron chi connectivity index (χ3n) is 1.54. The van der Waals surface area contributed by atoms with Crippen LogP contribution in [0.3, 0.4) is 0 Å². The standard InChI is InChI=1S/C7H3F5INO/c8-5(9)4-3(13)1-2(6(15)14-4)7(10,11)12/h1,5H,(H,14,15). The minimum absolute atomic E-state index is 0.325. The van der Waals surface area contributed by atoms with Gasteiger partial charge in [-0.3, -0.25) is 4.79 Å². The molecule has 2 nitrogen and oxygen atoms in total. The van der Waals surface area contributed by atoms with Crippen molar-refractivity contribution in [3.63, 3.8) is 0 Å². The van der Waals surface area contributed by atoms with Crippen molar-refractivity contribution in [2.75, 3.05) is 0 Å². The molecule has 84 valence electrons. The third kappa shape index (κ3) is 2.67. The topological polar surface area (TPSA) is 32.9 Å². The largest absolute Gasteiger partial charge is 0.421 e. The van der Waals surface area contributed by atoms with E-state index in [1.807, 2.05) is 0 Å². The molecule has 0 amide bonds. The maximum absolute atomic E-state index is 12.2. The molecule has 1 aromatic heterocycles. The second kappa shape index (κ2) is 4.06. The van der Waals surface area contributed by atoms with Gasteiger partial charge in [0, 0.05) is 3.57 Å². The molecule has 1 heterocycles.